The Hall–Kier alpha value is -3.28. The fourth-order valence-electron chi connectivity index (χ4n) is 3.50. The van der Waals surface area contributed by atoms with Crippen LogP contribution < -0.4 is 15.0 Å². The molecule has 3 aromatic rings. The molecule has 0 spiro atoms. The van der Waals surface area contributed by atoms with E-state index < -0.39 is 11.7 Å². The van der Waals surface area contributed by atoms with Crippen molar-refractivity contribution in [1.29, 1.82) is 0 Å². The molecule has 0 atom stereocenters. The average Bonchev–Trinajstić information content (AvgIpc) is 3.49. The van der Waals surface area contributed by atoms with Gasteiger partial charge in [0.2, 0.25) is 11.1 Å². The monoisotopic (exact) mass is 478 g/mol. The summed E-state index contributed by atoms with van der Waals surface area (Å²) in [4.78, 5) is 14.5. The molecule has 1 aromatic heterocycles. The second kappa shape index (κ2) is 9.69. The summed E-state index contributed by atoms with van der Waals surface area (Å²) in [6, 6.07) is 10.5. The van der Waals surface area contributed by atoms with Crippen molar-refractivity contribution >= 4 is 29.0 Å². The predicted octanol–water partition coefficient (Wildman–Crippen LogP) is 4.02. The standard InChI is InChI=1S/C21H21F3N6O2S/c1-32-16-7-5-15(6-8-16)30-20(26-27-28-30)33-13-19(31)25-17-9-4-14(21(22,23)24)12-18(17)29-10-2-3-11-29/h4-9,12H,2-3,10-11,13H2,1H3,(H,25,31). The second-order valence-electron chi connectivity index (χ2n) is 7.33. The van der Waals surface area contributed by atoms with Crippen molar-refractivity contribution in [2.45, 2.75) is 24.2 Å². The molecule has 174 valence electrons. The van der Waals surface area contributed by atoms with E-state index in [4.69, 9.17) is 4.74 Å². The van der Waals surface area contributed by atoms with Crippen molar-refractivity contribution in [3.63, 3.8) is 0 Å². The molecular formula is C21H21F3N6O2S. The molecule has 4 rings (SSSR count). The number of nitrogens with one attached hydrogen (secondary N) is 1. The maximum absolute atomic E-state index is 13.2. The van der Waals surface area contributed by atoms with Crippen LogP contribution in [0.5, 0.6) is 5.75 Å². The third kappa shape index (κ3) is 5.38. The summed E-state index contributed by atoms with van der Waals surface area (Å²) in [5.41, 5.74) is 0.687. The third-order valence-corrected chi connectivity index (χ3v) is 6.06. The highest BCUT2D eigenvalue weighted by atomic mass is 32.2. The molecule has 0 saturated carbocycles. The van der Waals surface area contributed by atoms with Crippen LogP contribution in [0.4, 0.5) is 24.5 Å². The number of anilines is 2. The van der Waals surface area contributed by atoms with Crippen molar-refractivity contribution in [2.24, 2.45) is 0 Å². The van der Waals surface area contributed by atoms with E-state index in [2.05, 4.69) is 20.8 Å². The molecule has 1 fully saturated rings. The van der Waals surface area contributed by atoms with E-state index in [0.29, 0.717) is 41.1 Å². The predicted molar refractivity (Wildman–Crippen MR) is 118 cm³/mol. The number of amides is 1. The molecule has 0 unspecified atom stereocenters. The number of rotatable bonds is 7. The van der Waals surface area contributed by atoms with Crippen LogP contribution >= 0.6 is 11.8 Å². The maximum atomic E-state index is 13.2. The number of benzene rings is 2. The van der Waals surface area contributed by atoms with E-state index in [1.54, 1.807) is 31.4 Å². The average molecular weight is 479 g/mol. The highest BCUT2D eigenvalue weighted by molar-refractivity contribution is 7.99. The zero-order valence-corrected chi connectivity index (χ0v) is 18.5. The summed E-state index contributed by atoms with van der Waals surface area (Å²) in [5.74, 6) is 0.298. The molecule has 1 saturated heterocycles. The number of halogens is 3. The molecule has 1 N–H and O–H groups in total. The Morgan fingerprint density at radius 2 is 1.88 bits per heavy atom. The summed E-state index contributed by atoms with van der Waals surface area (Å²) in [7, 11) is 1.57. The number of carbonyl (C=O) groups is 1. The van der Waals surface area contributed by atoms with Crippen molar-refractivity contribution in [2.75, 3.05) is 36.2 Å². The SMILES string of the molecule is COc1ccc(-n2nnnc2SCC(=O)Nc2ccc(C(F)(F)F)cc2N2CCCC2)cc1. The topological polar surface area (TPSA) is 85.2 Å². The summed E-state index contributed by atoms with van der Waals surface area (Å²) in [6.45, 7) is 1.30. The first kappa shape index (κ1) is 22.9. The van der Waals surface area contributed by atoms with Gasteiger partial charge in [-0.05, 0) is 65.7 Å². The Morgan fingerprint density at radius 1 is 1.15 bits per heavy atom. The summed E-state index contributed by atoms with van der Waals surface area (Å²) in [5, 5.41) is 14.7. The lowest BCUT2D eigenvalue weighted by atomic mass is 10.1. The Morgan fingerprint density at radius 3 is 2.55 bits per heavy atom. The number of tetrazole rings is 1. The number of nitrogens with zero attached hydrogens (tertiary/aromatic N) is 5. The van der Waals surface area contributed by atoms with E-state index in [1.165, 1.54) is 10.7 Å². The van der Waals surface area contributed by atoms with Gasteiger partial charge in [-0.2, -0.15) is 17.9 Å². The minimum atomic E-state index is -4.45. The van der Waals surface area contributed by atoms with Crippen LogP contribution in [0.3, 0.4) is 0 Å². The minimum Gasteiger partial charge on any atom is -0.497 e. The van der Waals surface area contributed by atoms with Gasteiger partial charge in [0.15, 0.2) is 0 Å². The van der Waals surface area contributed by atoms with Gasteiger partial charge in [0.05, 0.1) is 35.5 Å². The highest BCUT2D eigenvalue weighted by Gasteiger charge is 2.32. The van der Waals surface area contributed by atoms with Gasteiger partial charge in [-0.25, -0.2) is 0 Å². The molecule has 0 bridgehead atoms. The van der Waals surface area contributed by atoms with Crippen molar-refractivity contribution in [3.05, 3.63) is 48.0 Å². The van der Waals surface area contributed by atoms with Crippen LogP contribution in [0.25, 0.3) is 5.69 Å². The molecule has 1 aliphatic heterocycles. The van der Waals surface area contributed by atoms with Gasteiger partial charge in [-0.1, -0.05) is 11.8 Å². The van der Waals surface area contributed by atoms with Crippen LogP contribution in [0.1, 0.15) is 18.4 Å². The van der Waals surface area contributed by atoms with Crippen LogP contribution in [0.2, 0.25) is 0 Å². The van der Waals surface area contributed by atoms with Crippen LogP contribution in [0.15, 0.2) is 47.6 Å². The number of aromatic nitrogens is 4. The molecule has 2 aromatic carbocycles. The highest BCUT2D eigenvalue weighted by Crippen LogP contribution is 2.37. The number of hydrogen-bond acceptors (Lipinski definition) is 7. The molecule has 1 aliphatic rings. The summed E-state index contributed by atoms with van der Waals surface area (Å²) in [6.07, 6.45) is -2.66. The molecule has 12 heteroatoms. The lowest BCUT2D eigenvalue weighted by Gasteiger charge is -2.23. The Labute approximate surface area is 192 Å². The first-order chi connectivity index (χ1) is 15.8. The van der Waals surface area contributed by atoms with E-state index in [-0.39, 0.29) is 11.7 Å². The number of methoxy groups -OCH3 is 1. The van der Waals surface area contributed by atoms with E-state index in [1.807, 2.05) is 4.90 Å². The largest absolute Gasteiger partial charge is 0.497 e. The first-order valence-corrected chi connectivity index (χ1v) is 11.2. The number of hydrogen-bond donors (Lipinski definition) is 1. The Balaban J connectivity index is 1.46. The molecule has 33 heavy (non-hydrogen) atoms. The summed E-state index contributed by atoms with van der Waals surface area (Å²) < 4.78 is 46.3. The molecule has 1 amide bonds. The molecule has 0 radical (unpaired) electrons. The molecular weight excluding hydrogens is 457 g/mol. The minimum absolute atomic E-state index is 0.0169. The van der Waals surface area contributed by atoms with Crippen molar-refractivity contribution in [3.8, 4) is 11.4 Å². The number of ether oxygens (including phenoxy) is 1. The summed E-state index contributed by atoms with van der Waals surface area (Å²) >= 11 is 1.12. The number of alkyl halides is 3. The first-order valence-electron chi connectivity index (χ1n) is 10.2. The number of carbonyl (C=O) groups excluding carboxylic acids is 1. The number of thioether (sulfide) groups is 1. The van der Waals surface area contributed by atoms with E-state index >= 15 is 0 Å². The van der Waals surface area contributed by atoms with E-state index in [0.717, 1.165) is 36.7 Å². The third-order valence-electron chi connectivity index (χ3n) is 5.14. The van der Waals surface area contributed by atoms with Gasteiger partial charge < -0.3 is 15.0 Å². The quantitative estimate of drug-likeness (QED) is 0.514. The van der Waals surface area contributed by atoms with Gasteiger partial charge in [0, 0.05) is 13.1 Å². The second-order valence-corrected chi connectivity index (χ2v) is 8.27. The Kier molecular flexibility index (Phi) is 6.72. The normalized spacial score (nSPS) is 13.9. The van der Waals surface area contributed by atoms with Crippen LogP contribution in [-0.2, 0) is 11.0 Å². The van der Waals surface area contributed by atoms with Gasteiger partial charge in [0.25, 0.3) is 0 Å². The molecule has 8 nitrogen and oxygen atoms in total. The van der Waals surface area contributed by atoms with Gasteiger partial charge in [0.1, 0.15) is 5.75 Å². The smallest absolute Gasteiger partial charge is 0.416 e. The zero-order chi connectivity index (χ0) is 23.4. The van der Waals surface area contributed by atoms with Crippen molar-refractivity contribution < 1.29 is 22.7 Å². The van der Waals surface area contributed by atoms with Gasteiger partial charge in [-0.15, -0.1) is 5.10 Å². The lowest BCUT2D eigenvalue weighted by Crippen LogP contribution is -2.22. The fraction of sp³-hybridized carbons (Fsp3) is 0.333. The Bertz CT molecular complexity index is 1110. The van der Waals surface area contributed by atoms with Crippen molar-refractivity contribution in [1.82, 2.24) is 20.2 Å². The zero-order valence-electron chi connectivity index (χ0n) is 17.7. The van der Waals surface area contributed by atoms with Crippen LogP contribution in [-0.4, -0.2) is 52.1 Å². The fourth-order valence-corrected chi connectivity index (χ4v) is 4.19. The molecule has 0 aliphatic carbocycles. The lowest BCUT2D eigenvalue weighted by molar-refractivity contribution is -0.137. The van der Waals surface area contributed by atoms with Crippen LogP contribution in [0, 0.1) is 0 Å². The van der Waals surface area contributed by atoms with Gasteiger partial charge in [-0.3, -0.25) is 4.79 Å². The van der Waals surface area contributed by atoms with E-state index in [9.17, 15) is 18.0 Å². The molecule has 2 heterocycles. The van der Waals surface area contributed by atoms with Gasteiger partial charge >= 0.3 is 6.18 Å². The maximum Gasteiger partial charge on any atom is 0.416 e.